The third-order valence-corrected chi connectivity index (χ3v) is 3.83. The van der Waals surface area contributed by atoms with Crippen molar-refractivity contribution in [3.8, 4) is 0 Å². The van der Waals surface area contributed by atoms with Gasteiger partial charge in [-0.15, -0.1) is 11.3 Å². The molecule has 0 aliphatic heterocycles. The van der Waals surface area contributed by atoms with Crippen LogP contribution in [0, 0.1) is 10.9 Å². The van der Waals surface area contributed by atoms with Crippen LogP contribution in [0.1, 0.15) is 24.4 Å². The lowest BCUT2D eigenvalue weighted by molar-refractivity contribution is -0.134. The Bertz CT molecular complexity index is 519. The fourth-order valence-corrected chi connectivity index (χ4v) is 2.83. The molecule has 2 amide bonds. The second-order valence-electron chi connectivity index (χ2n) is 4.71. The van der Waals surface area contributed by atoms with E-state index in [1.807, 2.05) is 20.8 Å². The van der Waals surface area contributed by atoms with Gasteiger partial charge in [0.05, 0.1) is 13.0 Å². The highest BCUT2D eigenvalue weighted by molar-refractivity contribution is 7.73. The van der Waals surface area contributed by atoms with E-state index in [-0.39, 0.29) is 30.8 Å². The molecule has 0 saturated heterocycles. The molecular formula is C12H19N3O2S2. The zero-order valence-corrected chi connectivity index (χ0v) is 13.2. The van der Waals surface area contributed by atoms with Gasteiger partial charge in [-0.25, -0.2) is 0 Å². The minimum atomic E-state index is -0.149. The Labute approximate surface area is 122 Å². The third-order valence-electron chi connectivity index (χ3n) is 2.49. The number of likely N-dealkylation sites (N-methyl/N-ethyl adjacent to an activating group) is 1. The van der Waals surface area contributed by atoms with E-state index in [9.17, 15) is 9.59 Å². The molecule has 1 aromatic heterocycles. The first-order valence-corrected chi connectivity index (χ1v) is 7.24. The molecular weight excluding hydrogens is 282 g/mol. The van der Waals surface area contributed by atoms with Crippen molar-refractivity contribution in [1.29, 1.82) is 0 Å². The molecule has 19 heavy (non-hydrogen) atoms. The highest BCUT2D eigenvalue weighted by Crippen LogP contribution is 2.15. The van der Waals surface area contributed by atoms with Crippen LogP contribution in [0.5, 0.6) is 0 Å². The normalized spacial score (nSPS) is 10.6. The van der Waals surface area contributed by atoms with Gasteiger partial charge in [0.1, 0.15) is 0 Å². The second-order valence-corrected chi connectivity index (χ2v) is 6.48. The number of carbonyl (C=O) groups is 2. The average molecular weight is 301 g/mol. The van der Waals surface area contributed by atoms with Crippen LogP contribution in [0.3, 0.4) is 0 Å². The van der Waals surface area contributed by atoms with Gasteiger partial charge in [-0.2, -0.15) is 0 Å². The zero-order chi connectivity index (χ0) is 14.6. The van der Waals surface area contributed by atoms with E-state index in [2.05, 4.69) is 10.3 Å². The molecule has 0 bridgehead atoms. The predicted octanol–water partition coefficient (Wildman–Crippen LogP) is 1.64. The Morgan fingerprint density at radius 3 is 2.58 bits per heavy atom. The van der Waals surface area contributed by atoms with Crippen LogP contribution in [-0.4, -0.2) is 41.3 Å². The highest BCUT2D eigenvalue weighted by Gasteiger charge is 2.15. The van der Waals surface area contributed by atoms with E-state index in [4.69, 9.17) is 12.2 Å². The van der Waals surface area contributed by atoms with Gasteiger partial charge in [0.25, 0.3) is 0 Å². The van der Waals surface area contributed by atoms with Gasteiger partial charge in [-0.3, -0.25) is 9.59 Å². The van der Waals surface area contributed by atoms with Crippen molar-refractivity contribution in [2.24, 2.45) is 0 Å². The summed E-state index contributed by atoms with van der Waals surface area (Å²) in [5.74, 6) is -0.239. The second kappa shape index (κ2) is 6.81. The first-order chi connectivity index (χ1) is 8.79. The minimum absolute atomic E-state index is 0.0753. The number of nitrogens with one attached hydrogen (secondary N) is 2. The Kier molecular flexibility index (Phi) is 5.68. The molecule has 106 valence electrons. The van der Waals surface area contributed by atoms with Crippen LogP contribution in [-0.2, 0) is 16.0 Å². The van der Waals surface area contributed by atoms with Crippen LogP contribution in [0.15, 0.2) is 0 Å². The van der Waals surface area contributed by atoms with Gasteiger partial charge in [0, 0.05) is 23.7 Å². The molecule has 0 atom stereocenters. The summed E-state index contributed by atoms with van der Waals surface area (Å²) in [7, 11) is 1.63. The highest BCUT2D eigenvalue weighted by atomic mass is 32.1. The Morgan fingerprint density at radius 1 is 1.47 bits per heavy atom. The van der Waals surface area contributed by atoms with Crippen LogP contribution < -0.4 is 5.32 Å². The van der Waals surface area contributed by atoms with E-state index in [0.29, 0.717) is 3.95 Å². The summed E-state index contributed by atoms with van der Waals surface area (Å²) in [6.45, 7) is 5.73. The lowest BCUT2D eigenvalue weighted by Gasteiger charge is -2.17. The molecule has 0 saturated carbocycles. The number of aromatic nitrogens is 1. The summed E-state index contributed by atoms with van der Waals surface area (Å²) < 4.78 is 0.667. The summed E-state index contributed by atoms with van der Waals surface area (Å²) in [6, 6.07) is 0.0768. The maximum atomic E-state index is 12.0. The molecule has 1 rings (SSSR count). The number of hydrogen-bond acceptors (Lipinski definition) is 4. The molecule has 7 heteroatoms. The number of aryl methyl sites for hydroxylation is 1. The van der Waals surface area contributed by atoms with Crippen molar-refractivity contribution in [2.45, 2.75) is 33.2 Å². The van der Waals surface area contributed by atoms with E-state index in [0.717, 1.165) is 10.6 Å². The number of rotatable bonds is 5. The lowest BCUT2D eigenvalue weighted by atomic mass is 10.2. The average Bonchev–Trinajstić information content (AvgIpc) is 2.55. The first kappa shape index (κ1) is 15.8. The van der Waals surface area contributed by atoms with Crippen LogP contribution in [0.2, 0.25) is 0 Å². The molecule has 0 fully saturated rings. The van der Waals surface area contributed by atoms with Crippen LogP contribution in [0.25, 0.3) is 0 Å². The molecule has 0 spiro atoms. The summed E-state index contributed by atoms with van der Waals surface area (Å²) in [6.07, 6.45) is 0.273. The van der Waals surface area contributed by atoms with Crippen molar-refractivity contribution in [1.82, 2.24) is 15.2 Å². The Balaban J connectivity index is 2.56. The first-order valence-electron chi connectivity index (χ1n) is 6.01. The molecule has 1 heterocycles. The van der Waals surface area contributed by atoms with Gasteiger partial charge in [0.2, 0.25) is 11.8 Å². The predicted molar refractivity (Wildman–Crippen MR) is 78.9 cm³/mol. The number of nitrogens with zero attached hydrogens (tertiary/aromatic N) is 1. The maximum absolute atomic E-state index is 12.0. The summed E-state index contributed by atoms with van der Waals surface area (Å²) in [4.78, 5) is 28.9. The number of thiazole rings is 1. The smallest absolute Gasteiger partial charge is 0.239 e. The fourth-order valence-electron chi connectivity index (χ4n) is 1.55. The molecule has 0 aliphatic rings. The summed E-state index contributed by atoms with van der Waals surface area (Å²) in [5.41, 5.74) is 0.920. The van der Waals surface area contributed by atoms with Gasteiger partial charge in [-0.05, 0) is 33.0 Å². The molecule has 0 unspecified atom stereocenters. The standard InChI is InChI=1S/C12H19N3O2S2/c1-7(2)13-10(16)6-15(4)11(17)5-9-8(3)14-12(18)19-9/h7H,5-6H2,1-4H3,(H,13,16)(H,14,18). The Hall–Kier alpha value is -1.21. The van der Waals surface area contributed by atoms with Crippen molar-refractivity contribution < 1.29 is 9.59 Å². The SMILES string of the molecule is Cc1[nH]c(=S)sc1CC(=O)N(C)CC(=O)NC(C)C. The largest absolute Gasteiger partial charge is 0.352 e. The van der Waals surface area contributed by atoms with E-state index < -0.39 is 0 Å². The number of H-pyrrole nitrogens is 1. The van der Waals surface area contributed by atoms with Crippen molar-refractivity contribution >= 4 is 35.4 Å². The maximum Gasteiger partial charge on any atom is 0.239 e. The third kappa shape index (κ3) is 5.12. The number of aromatic amines is 1. The molecule has 5 nitrogen and oxygen atoms in total. The van der Waals surface area contributed by atoms with Crippen molar-refractivity contribution in [2.75, 3.05) is 13.6 Å². The quantitative estimate of drug-likeness (QED) is 0.813. The lowest BCUT2D eigenvalue weighted by Crippen LogP contribution is -2.41. The van der Waals surface area contributed by atoms with Gasteiger partial charge >= 0.3 is 0 Å². The molecule has 0 aliphatic carbocycles. The monoisotopic (exact) mass is 301 g/mol. The van der Waals surface area contributed by atoms with Crippen molar-refractivity contribution in [3.05, 3.63) is 14.5 Å². The summed E-state index contributed by atoms with van der Waals surface area (Å²) >= 11 is 6.43. The topological polar surface area (TPSA) is 65.2 Å². The Morgan fingerprint density at radius 2 is 2.11 bits per heavy atom. The van der Waals surface area contributed by atoms with Crippen LogP contribution in [0.4, 0.5) is 0 Å². The number of carbonyl (C=O) groups excluding carboxylic acids is 2. The van der Waals surface area contributed by atoms with Gasteiger partial charge in [0.15, 0.2) is 3.95 Å². The molecule has 1 aromatic rings. The molecule has 2 N–H and O–H groups in total. The van der Waals surface area contributed by atoms with E-state index in [1.165, 1.54) is 16.2 Å². The van der Waals surface area contributed by atoms with Crippen LogP contribution >= 0.6 is 23.6 Å². The molecule has 0 aromatic carbocycles. The van der Waals surface area contributed by atoms with Gasteiger partial charge < -0.3 is 15.2 Å². The number of amides is 2. The van der Waals surface area contributed by atoms with Gasteiger partial charge in [-0.1, -0.05) is 0 Å². The fraction of sp³-hybridized carbons (Fsp3) is 0.583. The minimum Gasteiger partial charge on any atom is -0.352 e. The number of hydrogen-bond donors (Lipinski definition) is 2. The molecule has 0 radical (unpaired) electrons. The summed E-state index contributed by atoms with van der Waals surface area (Å²) in [5, 5.41) is 2.75. The van der Waals surface area contributed by atoms with E-state index >= 15 is 0 Å². The van der Waals surface area contributed by atoms with Crippen molar-refractivity contribution in [3.63, 3.8) is 0 Å². The van der Waals surface area contributed by atoms with E-state index in [1.54, 1.807) is 7.05 Å². The zero-order valence-electron chi connectivity index (χ0n) is 11.6.